The molecule has 2 N–H and O–H groups in total. The van der Waals surface area contributed by atoms with E-state index >= 15 is 0 Å². The number of nitrogens with two attached hydrogens (primary N) is 1. The van der Waals surface area contributed by atoms with Crippen LogP contribution in [0.1, 0.15) is 51.9 Å². The predicted octanol–water partition coefficient (Wildman–Crippen LogP) is 2.15. The van der Waals surface area contributed by atoms with E-state index < -0.39 is 0 Å². The minimum atomic E-state index is 0.360. The van der Waals surface area contributed by atoms with E-state index in [2.05, 4.69) is 11.8 Å². The molecule has 3 atom stereocenters. The summed E-state index contributed by atoms with van der Waals surface area (Å²) in [6.07, 6.45) is 8.10. The van der Waals surface area contributed by atoms with Gasteiger partial charge in [0.15, 0.2) is 0 Å². The Labute approximate surface area is 105 Å². The molecule has 98 valence electrons. The smallest absolute Gasteiger partial charge is 0.223 e. The Balaban J connectivity index is 1.93. The second-order valence-electron chi connectivity index (χ2n) is 5.70. The summed E-state index contributed by atoms with van der Waals surface area (Å²) >= 11 is 0. The summed E-state index contributed by atoms with van der Waals surface area (Å²) in [7, 11) is 0. The second-order valence-corrected chi connectivity index (χ2v) is 5.70. The molecule has 17 heavy (non-hydrogen) atoms. The third kappa shape index (κ3) is 2.82. The fraction of sp³-hybridized carbons (Fsp3) is 0.929. The lowest BCUT2D eigenvalue weighted by Gasteiger charge is -2.38. The number of hydrogen-bond donors (Lipinski definition) is 1. The number of fused-ring (bicyclic) bond motifs is 1. The van der Waals surface area contributed by atoms with E-state index in [1.165, 1.54) is 32.1 Å². The van der Waals surface area contributed by atoms with E-state index in [0.29, 0.717) is 30.8 Å². The lowest BCUT2D eigenvalue weighted by molar-refractivity contribution is -0.136. The number of rotatable bonds is 4. The fourth-order valence-corrected chi connectivity index (χ4v) is 3.52. The van der Waals surface area contributed by atoms with Gasteiger partial charge in [-0.3, -0.25) is 4.79 Å². The third-order valence-corrected chi connectivity index (χ3v) is 4.69. The molecule has 1 aliphatic carbocycles. The summed E-state index contributed by atoms with van der Waals surface area (Å²) in [5.74, 6) is 1.54. The van der Waals surface area contributed by atoms with Crippen molar-refractivity contribution >= 4 is 5.91 Å². The Hall–Kier alpha value is -0.570. The van der Waals surface area contributed by atoms with Crippen LogP contribution in [0.15, 0.2) is 0 Å². The van der Waals surface area contributed by atoms with E-state index in [1.807, 2.05) is 0 Å². The second kappa shape index (κ2) is 5.85. The van der Waals surface area contributed by atoms with Gasteiger partial charge in [-0.2, -0.15) is 0 Å². The van der Waals surface area contributed by atoms with Gasteiger partial charge in [0.05, 0.1) is 0 Å². The highest BCUT2D eigenvalue weighted by molar-refractivity contribution is 5.77. The van der Waals surface area contributed by atoms with Gasteiger partial charge in [0, 0.05) is 19.0 Å². The van der Waals surface area contributed by atoms with Crippen LogP contribution in [0.2, 0.25) is 0 Å². The molecular formula is C14H26N2O. The van der Waals surface area contributed by atoms with Crippen molar-refractivity contribution < 1.29 is 4.79 Å². The summed E-state index contributed by atoms with van der Waals surface area (Å²) in [6.45, 7) is 3.75. The first-order chi connectivity index (χ1) is 8.26. The van der Waals surface area contributed by atoms with Crippen LogP contribution < -0.4 is 5.73 Å². The van der Waals surface area contributed by atoms with Gasteiger partial charge in [0.1, 0.15) is 0 Å². The minimum absolute atomic E-state index is 0.360. The highest BCUT2D eigenvalue weighted by Crippen LogP contribution is 2.37. The fourth-order valence-electron chi connectivity index (χ4n) is 3.52. The van der Waals surface area contributed by atoms with Gasteiger partial charge in [-0.25, -0.2) is 0 Å². The first kappa shape index (κ1) is 12.9. The highest BCUT2D eigenvalue weighted by atomic mass is 16.2. The van der Waals surface area contributed by atoms with Crippen LogP contribution in [0.5, 0.6) is 0 Å². The first-order valence-electron chi connectivity index (χ1n) is 7.25. The molecule has 1 saturated heterocycles. The zero-order chi connectivity index (χ0) is 12.3. The Morgan fingerprint density at radius 2 is 2.12 bits per heavy atom. The van der Waals surface area contributed by atoms with Gasteiger partial charge in [0.2, 0.25) is 5.91 Å². The van der Waals surface area contributed by atoms with Gasteiger partial charge in [-0.1, -0.05) is 19.8 Å². The molecule has 3 heteroatoms. The standard InChI is InChI=1S/C14H26N2O/c1-2-11(10-15)9-14(17)16-8-4-6-12-5-3-7-13(12)16/h11-13H,2-10,15H2,1H3. The van der Waals surface area contributed by atoms with Crippen molar-refractivity contribution in [3.63, 3.8) is 0 Å². The van der Waals surface area contributed by atoms with Crippen LogP contribution in [0.25, 0.3) is 0 Å². The number of carbonyl (C=O) groups excluding carboxylic acids is 1. The third-order valence-electron chi connectivity index (χ3n) is 4.69. The summed E-state index contributed by atoms with van der Waals surface area (Å²) in [5.41, 5.74) is 5.70. The number of likely N-dealkylation sites (tertiary alicyclic amines) is 1. The van der Waals surface area contributed by atoms with Crippen molar-refractivity contribution in [3.8, 4) is 0 Å². The molecule has 0 aromatic carbocycles. The van der Waals surface area contributed by atoms with Gasteiger partial charge in [0.25, 0.3) is 0 Å². The van der Waals surface area contributed by atoms with Gasteiger partial charge < -0.3 is 10.6 Å². The molecule has 1 heterocycles. The monoisotopic (exact) mass is 238 g/mol. The molecular weight excluding hydrogens is 212 g/mol. The molecule has 3 unspecified atom stereocenters. The molecule has 0 aromatic heterocycles. The zero-order valence-corrected chi connectivity index (χ0v) is 11.0. The Morgan fingerprint density at radius 1 is 1.35 bits per heavy atom. The van der Waals surface area contributed by atoms with Crippen molar-refractivity contribution in [2.24, 2.45) is 17.6 Å². The Morgan fingerprint density at radius 3 is 2.82 bits per heavy atom. The van der Waals surface area contributed by atoms with E-state index in [0.717, 1.165) is 18.9 Å². The van der Waals surface area contributed by atoms with Crippen LogP contribution in [-0.2, 0) is 4.79 Å². The normalized spacial score (nSPS) is 30.1. The molecule has 1 aliphatic heterocycles. The van der Waals surface area contributed by atoms with Crippen LogP contribution in [0.3, 0.4) is 0 Å². The van der Waals surface area contributed by atoms with Crippen LogP contribution in [0, 0.1) is 11.8 Å². The number of amides is 1. The average Bonchev–Trinajstić information content (AvgIpc) is 2.83. The molecule has 2 fully saturated rings. The lowest BCUT2D eigenvalue weighted by atomic mass is 9.91. The average molecular weight is 238 g/mol. The number of carbonyl (C=O) groups is 1. The highest BCUT2D eigenvalue weighted by Gasteiger charge is 2.37. The maximum atomic E-state index is 12.3. The molecule has 2 aliphatic rings. The van der Waals surface area contributed by atoms with Crippen LogP contribution >= 0.6 is 0 Å². The summed E-state index contributed by atoms with van der Waals surface area (Å²) in [5, 5.41) is 0. The Bertz CT molecular complexity index is 263. The van der Waals surface area contributed by atoms with Gasteiger partial charge in [-0.05, 0) is 44.1 Å². The van der Waals surface area contributed by atoms with Crippen molar-refractivity contribution in [1.29, 1.82) is 0 Å². The zero-order valence-electron chi connectivity index (χ0n) is 11.0. The van der Waals surface area contributed by atoms with E-state index in [4.69, 9.17) is 5.73 Å². The van der Waals surface area contributed by atoms with Crippen LogP contribution in [-0.4, -0.2) is 29.9 Å². The minimum Gasteiger partial charge on any atom is -0.339 e. The predicted molar refractivity (Wildman–Crippen MR) is 69.5 cm³/mol. The van der Waals surface area contributed by atoms with Crippen molar-refractivity contribution in [1.82, 2.24) is 4.90 Å². The molecule has 3 nitrogen and oxygen atoms in total. The van der Waals surface area contributed by atoms with Crippen molar-refractivity contribution in [2.45, 2.75) is 57.9 Å². The quantitative estimate of drug-likeness (QED) is 0.815. The topological polar surface area (TPSA) is 46.3 Å². The molecule has 0 spiro atoms. The van der Waals surface area contributed by atoms with E-state index in [9.17, 15) is 4.79 Å². The summed E-state index contributed by atoms with van der Waals surface area (Å²) in [4.78, 5) is 14.5. The maximum absolute atomic E-state index is 12.3. The molecule has 1 saturated carbocycles. The molecule has 2 rings (SSSR count). The summed E-state index contributed by atoms with van der Waals surface area (Å²) in [6, 6.07) is 0.562. The lowest BCUT2D eigenvalue weighted by Crippen LogP contribution is -2.46. The molecule has 1 amide bonds. The largest absolute Gasteiger partial charge is 0.339 e. The van der Waals surface area contributed by atoms with Crippen molar-refractivity contribution in [2.75, 3.05) is 13.1 Å². The first-order valence-corrected chi connectivity index (χ1v) is 7.25. The molecule has 0 radical (unpaired) electrons. The SMILES string of the molecule is CCC(CN)CC(=O)N1CCCC2CCCC21. The molecule has 0 bridgehead atoms. The van der Waals surface area contributed by atoms with Crippen LogP contribution in [0.4, 0.5) is 0 Å². The maximum Gasteiger partial charge on any atom is 0.223 e. The van der Waals surface area contributed by atoms with Gasteiger partial charge in [-0.15, -0.1) is 0 Å². The Kier molecular flexibility index (Phi) is 4.43. The number of piperidine rings is 1. The van der Waals surface area contributed by atoms with Crippen molar-refractivity contribution in [3.05, 3.63) is 0 Å². The van der Waals surface area contributed by atoms with E-state index in [-0.39, 0.29) is 0 Å². The van der Waals surface area contributed by atoms with Gasteiger partial charge >= 0.3 is 0 Å². The summed E-state index contributed by atoms with van der Waals surface area (Å²) < 4.78 is 0. The number of hydrogen-bond acceptors (Lipinski definition) is 2. The number of nitrogens with zero attached hydrogens (tertiary/aromatic N) is 1. The molecule has 0 aromatic rings. The van der Waals surface area contributed by atoms with E-state index in [1.54, 1.807) is 0 Å².